The minimum absolute atomic E-state index is 0.484. The number of hydrogen-bond donors (Lipinski definition) is 1. The van der Waals surface area contributed by atoms with Crippen LogP contribution in [-0.2, 0) is 6.54 Å². The molecule has 1 unspecified atom stereocenters. The van der Waals surface area contributed by atoms with Crippen LogP contribution in [0, 0.1) is 5.92 Å². The van der Waals surface area contributed by atoms with E-state index in [1.54, 1.807) is 14.2 Å². The van der Waals surface area contributed by atoms with E-state index in [1.165, 1.54) is 12.0 Å². The van der Waals surface area contributed by atoms with Crippen LogP contribution in [0.1, 0.15) is 25.8 Å². The largest absolute Gasteiger partial charge is 0.497 e. The molecular weight excluding hydrogens is 264 g/mol. The minimum atomic E-state index is 0.484. The van der Waals surface area contributed by atoms with Gasteiger partial charge in [-0.3, -0.25) is 0 Å². The number of methoxy groups -OCH3 is 2. The van der Waals surface area contributed by atoms with Gasteiger partial charge in [0.25, 0.3) is 0 Å². The van der Waals surface area contributed by atoms with E-state index in [9.17, 15) is 0 Å². The lowest BCUT2D eigenvalue weighted by atomic mass is 10.0. The second kappa shape index (κ2) is 8.90. The third kappa shape index (κ3) is 6.82. The van der Waals surface area contributed by atoms with Crippen molar-refractivity contribution in [1.82, 2.24) is 10.2 Å². The molecule has 1 aromatic rings. The van der Waals surface area contributed by atoms with Crippen LogP contribution in [0.4, 0.5) is 0 Å². The number of likely N-dealkylation sites (N-methyl/N-ethyl adjacent to an activating group) is 1. The zero-order valence-corrected chi connectivity index (χ0v) is 14.3. The Bertz CT molecular complexity index is 387. The molecule has 1 aromatic carbocycles. The Morgan fingerprint density at radius 2 is 1.62 bits per heavy atom. The lowest BCUT2D eigenvalue weighted by Crippen LogP contribution is -2.38. The van der Waals surface area contributed by atoms with Crippen molar-refractivity contribution in [2.24, 2.45) is 5.92 Å². The predicted molar refractivity (Wildman–Crippen MR) is 88.2 cm³/mol. The molecule has 0 fully saturated rings. The average molecular weight is 294 g/mol. The van der Waals surface area contributed by atoms with Gasteiger partial charge >= 0.3 is 0 Å². The summed E-state index contributed by atoms with van der Waals surface area (Å²) in [6.07, 6.45) is 1.17. The second-order valence-electron chi connectivity index (χ2n) is 6.19. The molecule has 0 radical (unpaired) electrons. The number of nitrogens with zero attached hydrogens (tertiary/aromatic N) is 1. The van der Waals surface area contributed by atoms with Crippen molar-refractivity contribution < 1.29 is 9.47 Å². The van der Waals surface area contributed by atoms with Crippen LogP contribution in [0.25, 0.3) is 0 Å². The molecule has 0 bridgehead atoms. The first kappa shape index (κ1) is 17.8. The van der Waals surface area contributed by atoms with Gasteiger partial charge < -0.3 is 19.7 Å². The lowest BCUT2D eigenvalue weighted by molar-refractivity contribution is 0.304. The maximum atomic E-state index is 5.32. The van der Waals surface area contributed by atoms with Crippen molar-refractivity contribution in [2.75, 3.05) is 34.9 Å². The molecule has 0 aliphatic rings. The van der Waals surface area contributed by atoms with Crippen LogP contribution < -0.4 is 14.8 Å². The monoisotopic (exact) mass is 294 g/mol. The molecule has 0 aliphatic carbocycles. The van der Waals surface area contributed by atoms with E-state index in [-0.39, 0.29) is 0 Å². The molecular formula is C17H30N2O2. The highest BCUT2D eigenvalue weighted by atomic mass is 16.5. The van der Waals surface area contributed by atoms with E-state index in [0.29, 0.717) is 12.0 Å². The number of rotatable bonds is 9. The molecule has 0 amide bonds. The SMILES string of the molecule is COc1cc(CNC(CC(C)C)CN(C)C)cc(OC)c1. The summed E-state index contributed by atoms with van der Waals surface area (Å²) < 4.78 is 10.6. The van der Waals surface area contributed by atoms with Crippen LogP contribution in [-0.4, -0.2) is 45.8 Å². The first-order valence-electron chi connectivity index (χ1n) is 7.54. The van der Waals surface area contributed by atoms with Gasteiger partial charge in [0.05, 0.1) is 14.2 Å². The van der Waals surface area contributed by atoms with E-state index >= 15 is 0 Å². The van der Waals surface area contributed by atoms with Crippen LogP contribution in [0.15, 0.2) is 18.2 Å². The fourth-order valence-corrected chi connectivity index (χ4v) is 2.46. The molecule has 0 aliphatic heterocycles. The Morgan fingerprint density at radius 3 is 2.05 bits per heavy atom. The molecule has 21 heavy (non-hydrogen) atoms. The molecule has 4 heteroatoms. The Balaban J connectivity index is 2.69. The van der Waals surface area contributed by atoms with Crippen LogP contribution in [0.3, 0.4) is 0 Å². The summed E-state index contributed by atoms with van der Waals surface area (Å²) in [5, 5.41) is 3.65. The molecule has 1 atom stereocenters. The average Bonchev–Trinajstić information content (AvgIpc) is 2.43. The molecule has 120 valence electrons. The zero-order valence-electron chi connectivity index (χ0n) is 14.3. The third-order valence-electron chi connectivity index (χ3n) is 3.35. The Morgan fingerprint density at radius 1 is 1.05 bits per heavy atom. The molecule has 4 nitrogen and oxygen atoms in total. The van der Waals surface area contributed by atoms with E-state index in [2.05, 4.69) is 50.3 Å². The normalized spacial score (nSPS) is 12.8. The molecule has 0 saturated heterocycles. The van der Waals surface area contributed by atoms with Crippen LogP contribution in [0.5, 0.6) is 11.5 Å². The number of nitrogens with one attached hydrogen (secondary N) is 1. The van der Waals surface area contributed by atoms with Gasteiger partial charge in [0.2, 0.25) is 0 Å². The van der Waals surface area contributed by atoms with Gasteiger partial charge in [-0.1, -0.05) is 13.8 Å². The number of benzene rings is 1. The van der Waals surface area contributed by atoms with Gasteiger partial charge in [-0.15, -0.1) is 0 Å². The fourth-order valence-electron chi connectivity index (χ4n) is 2.46. The van der Waals surface area contributed by atoms with Gasteiger partial charge in [0.15, 0.2) is 0 Å². The van der Waals surface area contributed by atoms with Crippen LogP contribution in [0.2, 0.25) is 0 Å². The first-order chi connectivity index (χ1) is 9.94. The summed E-state index contributed by atoms with van der Waals surface area (Å²) in [7, 11) is 7.59. The molecule has 1 N–H and O–H groups in total. The van der Waals surface area contributed by atoms with Gasteiger partial charge in [0.1, 0.15) is 11.5 Å². The molecule has 0 aromatic heterocycles. The standard InChI is InChI=1S/C17H30N2O2/c1-13(2)7-15(12-19(3)4)18-11-14-8-16(20-5)10-17(9-14)21-6/h8-10,13,15,18H,7,11-12H2,1-6H3. The van der Waals surface area contributed by atoms with Gasteiger partial charge in [-0.05, 0) is 44.1 Å². The van der Waals surface area contributed by atoms with Gasteiger partial charge in [0, 0.05) is 25.2 Å². The molecule has 0 saturated carbocycles. The maximum absolute atomic E-state index is 5.32. The maximum Gasteiger partial charge on any atom is 0.122 e. The fraction of sp³-hybridized carbons (Fsp3) is 0.647. The van der Waals surface area contributed by atoms with E-state index < -0.39 is 0 Å². The molecule has 0 heterocycles. The Hall–Kier alpha value is -1.26. The predicted octanol–water partition coefficient (Wildman–Crippen LogP) is 2.77. The zero-order chi connectivity index (χ0) is 15.8. The van der Waals surface area contributed by atoms with Crippen molar-refractivity contribution in [3.8, 4) is 11.5 Å². The van der Waals surface area contributed by atoms with Crippen molar-refractivity contribution in [3.05, 3.63) is 23.8 Å². The summed E-state index contributed by atoms with van der Waals surface area (Å²) in [5.41, 5.74) is 1.18. The van der Waals surface area contributed by atoms with Gasteiger partial charge in [-0.2, -0.15) is 0 Å². The second-order valence-corrected chi connectivity index (χ2v) is 6.19. The minimum Gasteiger partial charge on any atom is -0.497 e. The highest BCUT2D eigenvalue weighted by Gasteiger charge is 2.12. The smallest absolute Gasteiger partial charge is 0.122 e. The topological polar surface area (TPSA) is 33.7 Å². The van der Waals surface area contributed by atoms with E-state index in [4.69, 9.17) is 9.47 Å². The summed E-state index contributed by atoms with van der Waals surface area (Å²) in [5.74, 6) is 2.35. The van der Waals surface area contributed by atoms with E-state index in [1.807, 2.05) is 6.07 Å². The summed E-state index contributed by atoms with van der Waals surface area (Å²) in [6.45, 7) is 6.38. The first-order valence-corrected chi connectivity index (χ1v) is 7.54. The van der Waals surface area contributed by atoms with Crippen molar-refractivity contribution in [2.45, 2.75) is 32.9 Å². The highest BCUT2D eigenvalue weighted by Crippen LogP contribution is 2.22. The number of hydrogen-bond acceptors (Lipinski definition) is 4. The molecule has 0 spiro atoms. The van der Waals surface area contributed by atoms with Crippen molar-refractivity contribution in [3.63, 3.8) is 0 Å². The third-order valence-corrected chi connectivity index (χ3v) is 3.35. The molecule has 1 rings (SSSR count). The summed E-state index contributed by atoms with van der Waals surface area (Å²) >= 11 is 0. The van der Waals surface area contributed by atoms with Crippen molar-refractivity contribution >= 4 is 0 Å². The summed E-state index contributed by atoms with van der Waals surface area (Å²) in [4.78, 5) is 2.23. The van der Waals surface area contributed by atoms with Gasteiger partial charge in [-0.25, -0.2) is 0 Å². The Kier molecular flexibility index (Phi) is 7.54. The number of ether oxygens (including phenoxy) is 2. The van der Waals surface area contributed by atoms with E-state index in [0.717, 1.165) is 24.6 Å². The Labute approximate surface area is 129 Å². The highest BCUT2D eigenvalue weighted by molar-refractivity contribution is 5.38. The van der Waals surface area contributed by atoms with Crippen molar-refractivity contribution in [1.29, 1.82) is 0 Å². The quantitative estimate of drug-likeness (QED) is 0.759. The summed E-state index contributed by atoms with van der Waals surface area (Å²) in [6, 6.07) is 6.49. The lowest BCUT2D eigenvalue weighted by Gasteiger charge is -2.24. The van der Waals surface area contributed by atoms with Crippen LogP contribution >= 0.6 is 0 Å².